The van der Waals surface area contributed by atoms with Crippen LogP contribution >= 0.6 is 11.6 Å². The third kappa shape index (κ3) is 4.29. The Kier molecular flexibility index (Phi) is 6.19. The van der Waals surface area contributed by atoms with Crippen LogP contribution in [-0.4, -0.2) is 51.3 Å². The first-order valence-corrected chi connectivity index (χ1v) is 11.9. The lowest BCUT2D eigenvalue weighted by molar-refractivity contribution is -0.269. The zero-order chi connectivity index (χ0) is 24.9. The minimum Gasteiger partial charge on any atom is -0.334 e. The molecule has 2 atom stereocenters. The van der Waals surface area contributed by atoms with E-state index in [2.05, 4.69) is 10.5 Å². The number of halogens is 6. The maximum Gasteiger partial charge on any atom is 0.428 e. The predicted molar refractivity (Wildman–Crippen MR) is 114 cm³/mol. The normalized spacial score (nSPS) is 22.6. The molecule has 34 heavy (non-hydrogen) atoms. The Balaban J connectivity index is 1.57. The number of alkyl halides is 4. The summed E-state index contributed by atoms with van der Waals surface area (Å²) in [4.78, 5) is 22.1. The summed E-state index contributed by atoms with van der Waals surface area (Å²) in [6, 6.07) is 5.23. The van der Waals surface area contributed by atoms with Gasteiger partial charge < -0.3 is 4.90 Å². The molecular weight excluding hydrogens is 505 g/mol. The Morgan fingerprint density at radius 1 is 1.29 bits per heavy atom. The second kappa shape index (κ2) is 8.58. The maximum absolute atomic E-state index is 15.1. The monoisotopic (exact) mass is 521 g/mol. The summed E-state index contributed by atoms with van der Waals surface area (Å²) in [6.07, 6.45) is -1.61. The summed E-state index contributed by atoms with van der Waals surface area (Å²) in [5.41, 5.74) is -2.97. The molecule has 0 spiro atoms. The number of rotatable bonds is 5. The number of nitrogens with zero attached hydrogens (tertiary/aromatic N) is 2. The van der Waals surface area contributed by atoms with E-state index in [1.807, 2.05) is 0 Å². The van der Waals surface area contributed by atoms with Crippen LogP contribution in [0.4, 0.5) is 22.0 Å². The number of hydrogen-bond acceptors (Lipinski definition) is 5. The molecule has 0 aliphatic carbocycles. The molecule has 2 unspecified atom stereocenters. The van der Waals surface area contributed by atoms with Gasteiger partial charge in [0, 0.05) is 34.4 Å². The second-order valence-corrected chi connectivity index (χ2v) is 9.83. The van der Waals surface area contributed by atoms with Gasteiger partial charge in [0.25, 0.3) is 0 Å². The van der Waals surface area contributed by atoms with Crippen LogP contribution in [-0.2, 0) is 31.7 Å². The van der Waals surface area contributed by atoms with Gasteiger partial charge >= 0.3 is 6.18 Å². The number of hydrogen-bond donors (Lipinski definition) is 1. The molecule has 0 saturated carbocycles. The van der Waals surface area contributed by atoms with E-state index in [0.717, 1.165) is 24.3 Å². The van der Waals surface area contributed by atoms with Crippen LogP contribution in [0.25, 0.3) is 5.70 Å². The van der Waals surface area contributed by atoms with E-state index < -0.39 is 50.6 Å². The topological polar surface area (TPSA) is 71.5 Å². The highest BCUT2D eigenvalue weighted by atomic mass is 35.5. The van der Waals surface area contributed by atoms with Crippen molar-refractivity contribution in [3.63, 3.8) is 0 Å². The van der Waals surface area contributed by atoms with Gasteiger partial charge in [-0.05, 0) is 30.3 Å². The fourth-order valence-corrected chi connectivity index (χ4v) is 4.40. The molecule has 1 fully saturated rings. The minimum absolute atomic E-state index is 0.00448. The summed E-state index contributed by atoms with van der Waals surface area (Å²) >= 11 is 5.67. The van der Waals surface area contributed by atoms with E-state index in [1.54, 1.807) is 0 Å². The van der Waals surface area contributed by atoms with Gasteiger partial charge in [0.2, 0.25) is 11.5 Å². The number of likely N-dealkylation sites (tertiary alicyclic amines) is 1. The lowest BCUT2D eigenvalue weighted by Crippen LogP contribution is -2.60. The van der Waals surface area contributed by atoms with Crippen molar-refractivity contribution in [3.05, 3.63) is 70.3 Å². The van der Waals surface area contributed by atoms with Crippen molar-refractivity contribution in [1.29, 1.82) is 0 Å². The van der Waals surface area contributed by atoms with E-state index in [-0.39, 0.29) is 35.8 Å². The number of pyridine rings is 1. The standard InChI is InChI=1S/C21H17ClF5N3O3S/c1-34(32)9-18(31)30-10-19(24,11-30)17-5-2-12(8-28-17)16-7-20(33-29-16,21(25,26)27)13-3-4-15(23)14(22)6-13/h2-8,29H,9-11H2,1H3. The minimum atomic E-state index is -4.93. The molecule has 13 heteroatoms. The zero-order valence-corrected chi connectivity index (χ0v) is 19.0. The Morgan fingerprint density at radius 3 is 2.56 bits per heavy atom. The fourth-order valence-electron chi connectivity index (χ4n) is 3.69. The highest BCUT2D eigenvalue weighted by Crippen LogP contribution is 2.48. The Bertz CT molecular complexity index is 1190. The largest absolute Gasteiger partial charge is 0.428 e. The highest BCUT2D eigenvalue weighted by Gasteiger charge is 2.59. The van der Waals surface area contributed by atoms with E-state index in [4.69, 9.17) is 16.4 Å². The van der Waals surface area contributed by atoms with Crippen LogP contribution in [0.1, 0.15) is 16.8 Å². The van der Waals surface area contributed by atoms with Crippen LogP contribution in [0.5, 0.6) is 0 Å². The van der Waals surface area contributed by atoms with Gasteiger partial charge in [0.05, 0.1) is 29.5 Å². The van der Waals surface area contributed by atoms with Crippen molar-refractivity contribution < 1.29 is 35.8 Å². The maximum atomic E-state index is 15.1. The zero-order valence-electron chi connectivity index (χ0n) is 17.5. The number of benzene rings is 1. The van der Waals surface area contributed by atoms with E-state index in [0.29, 0.717) is 0 Å². The first-order valence-electron chi connectivity index (χ1n) is 9.77. The molecule has 1 aromatic carbocycles. The van der Waals surface area contributed by atoms with Gasteiger partial charge in [-0.2, -0.15) is 13.2 Å². The van der Waals surface area contributed by atoms with Crippen molar-refractivity contribution in [2.75, 3.05) is 25.1 Å². The van der Waals surface area contributed by atoms with Gasteiger partial charge in [-0.3, -0.25) is 24.3 Å². The fraction of sp³-hybridized carbons (Fsp3) is 0.333. The summed E-state index contributed by atoms with van der Waals surface area (Å²) in [7, 11) is -1.35. The first-order chi connectivity index (χ1) is 15.8. The lowest BCUT2D eigenvalue weighted by Gasteiger charge is -2.43. The highest BCUT2D eigenvalue weighted by molar-refractivity contribution is 7.85. The van der Waals surface area contributed by atoms with Gasteiger partial charge in [0.1, 0.15) is 11.6 Å². The SMILES string of the molecule is CS(=O)CC(=O)N1CC(F)(c2ccc(C3=CC(c4ccc(F)c(Cl)c4)(C(F)(F)F)ON3)cn2)C1. The summed E-state index contributed by atoms with van der Waals surface area (Å²) in [5, 5.41) is -0.496. The number of carbonyl (C=O) groups excluding carboxylic acids is 1. The van der Waals surface area contributed by atoms with Crippen LogP contribution in [0.15, 0.2) is 42.6 Å². The Labute approximate surface area is 198 Å². The molecular formula is C21H17ClF5N3O3S. The molecule has 0 bridgehead atoms. The van der Waals surface area contributed by atoms with Crippen LogP contribution in [0, 0.1) is 5.82 Å². The Morgan fingerprint density at radius 2 is 2.00 bits per heavy atom. The van der Waals surface area contributed by atoms with Gasteiger partial charge in [-0.25, -0.2) is 8.78 Å². The first kappa shape index (κ1) is 24.6. The van der Waals surface area contributed by atoms with Crippen LogP contribution in [0.2, 0.25) is 5.02 Å². The van der Waals surface area contributed by atoms with Gasteiger partial charge in [0.15, 0.2) is 5.67 Å². The molecule has 4 rings (SSSR count). The molecule has 1 saturated heterocycles. The summed E-state index contributed by atoms with van der Waals surface area (Å²) in [5.74, 6) is -1.52. The average molecular weight is 522 g/mol. The predicted octanol–water partition coefficient (Wildman–Crippen LogP) is 3.59. The van der Waals surface area contributed by atoms with Gasteiger partial charge in [-0.1, -0.05) is 17.7 Å². The van der Waals surface area contributed by atoms with Crippen molar-refractivity contribution in [1.82, 2.24) is 15.4 Å². The third-order valence-corrected chi connectivity index (χ3v) is 6.48. The smallest absolute Gasteiger partial charge is 0.334 e. The van der Waals surface area contributed by atoms with Crippen molar-refractivity contribution in [2.45, 2.75) is 17.4 Å². The molecule has 182 valence electrons. The lowest BCUT2D eigenvalue weighted by atomic mass is 9.90. The Hall–Kier alpha value is -2.57. The van der Waals surface area contributed by atoms with Crippen molar-refractivity contribution in [2.24, 2.45) is 0 Å². The number of amides is 1. The number of nitrogens with one attached hydrogen (secondary N) is 1. The molecule has 2 aromatic rings. The van der Waals surface area contributed by atoms with Crippen molar-refractivity contribution in [3.8, 4) is 0 Å². The molecule has 1 amide bonds. The van der Waals surface area contributed by atoms with E-state index >= 15 is 4.39 Å². The van der Waals surface area contributed by atoms with Crippen LogP contribution in [0.3, 0.4) is 0 Å². The number of carbonyl (C=O) groups is 1. The van der Waals surface area contributed by atoms with Gasteiger partial charge in [-0.15, -0.1) is 0 Å². The molecule has 2 aliphatic rings. The quantitative estimate of drug-likeness (QED) is 0.609. The third-order valence-electron chi connectivity index (χ3n) is 5.54. The average Bonchev–Trinajstić information content (AvgIpc) is 3.20. The number of hydroxylamine groups is 1. The van der Waals surface area contributed by atoms with E-state index in [9.17, 15) is 26.6 Å². The van der Waals surface area contributed by atoms with Crippen LogP contribution < -0.4 is 5.48 Å². The molecule has 1 N–H and O–H groups in total. The summed E-state index contributed by atoms with van der Waals surface area (Å²) in [6.45, 7) is -0.524. The van der Waals surface area contributed by atoms with E-state index in [1.165, 1.54) is 29.5 Å². The molecule has 6 nitrogen and oxygen atoms in total. The van der Waals surface area contributed by atoms with Crippen molar-refractivity contribution >= 4 is 34.0 Å². The molecule has 1 aromatic heterocycles. The molecule has 3 heterocycles. The summed E-state index contributed by atoms with van der Waals surface area (Å²) < 4.78 is 81.8. The number of aromatic nitrogens is 1. The molecule has 2 aliphatic heterocycles. The second-order valence-electron chi connectivity index (χ2n) is 7.99. The molecule has 0 radical (unpaired) electrons.